The van der Waals surface area contributed by atoms with Gasteiger partial charge in [0.2, 0.25) is 0 Å². The summed E-state index contributed by atoms with van der Waals surface area (Å²) in [4.78, 5) is 38.3. The van der Waals surface area contributed by atoms with Crippen LogP contribution in [0.3, 0.4) is 0 Å². The molecule has 0 bridgehead atoms. The maximum Gasteiger partial charge on any atom is 0.306 e. The van der Waals surface area contributed by atoms with Crippen molar-refractivity contribution in [1.82, 2.24) is 0 Å². The maximum absolute atomic E-state index is 12.9. The number of hydrogen-bond acceptors (Lipinski definition) is 6. The van der Waals surface area contributed by atoms with Gasteiger partial charge in [-0.1, -0.05) is 304 Å². The van der Waals surface area contributed by atoms with Crippen molar-refractivity contribution in [2.24, 2.45) is 0 Å². The molecular formula is C75H130O6. The van der Waals surface area contributed by atoms with E-state index in [1.165, 1.54) is 186 Å². The molecule has 1 unspecified atom stereocenters. The molecule has 0 rings (SSSR count). The Labute approximate surface area is 502 Å². The summed E-state index contributed by atoms with van der Waals surface area (Å²) in [7, 11) is 0. The lowest BCUT2D eigenvalue weighted by Crippen LogP contribution is -2.30. The number of rotatable bonds is 63. The lowest BCUT2D eigenvalue weighted by molar-refractivity contribution is -0.167. The molecular weight excluding hydrogens is 997 g/mol. The summed E-state index contributed by atoms with van der Waals surface area (Å²) in [5, 5.41) is 0. The lowest BCUT2D eigenvalue weighted by atomic mass is 10.0. The van der Waals surface area contributed by atoms with Gasteiger partial charge in [0.05, 0.1) is 0 Å². The molecule has 466 valence electrons. The molecule has 6 heteroatoms. The summed E-state index contributed by atoms with van der Waals surface area (Å²) in [6.45, 7) is 6.49. The van der Waals surface area contributed by atoms with Crippen LogP contribution in [0, 0.1) is 0 Å². The molecule has 0 saturated heterocycles. The van der Waals surface area contributed by atoms with E-state index in [-0.39, 0.29) is 31.1 Å². The van der Waals surface area contributed by atoms with E-state index in [9.17, 15) is 14.4 Å². The van der Waals surface area contributed by atoms with Crippen LogP contribution in [0.4, 0.5) is 0 Å². The van der Waals surface area contributed by atoms with Gasteiger partial charge in [0.25, 0.3) is 0 Å². The summed E-state index contributed by atoms with van der Waals surface area (Å²) < 4.78 is 16.9. The maximum atomic E-state index is 12.9. The van der Waals surface area contributed by atoms with Gasteiger partial charge in [-0.2, -0.15) is 0 Å². The van der Waals surface area contributed by atoms with Gasteiger partial charge in [-0.15, -0.1) is 0 Å². The molecule has 0 aliphatic rings. The summed E-state index contributed by atoms with van der Waals surface area (Å²) in [6.07, 6.45) is 93.0. The molecule has 0 amide bonds. The van der Waals surface area contributed by atoms with Crippen molar-refractivity contribution in [3.63, 3.8) is 0 Å². The average Bonchev–Trinajstić information content (AvgIpc) is 3.47. The Kier molecular flexibility index (Phi) is 65.7. The van der Waals surface area contributed by atoms with E-state index in [1.54, 1.807) is 0 Å². The van der Waals surface area contributed by atoms with Crippen molar-refractivity contribution in [2.75, 3.05) is 13.2 Å². The zero-order chi connectivity index (χ0) is 58.5. The van der Waals surface area contributed by atoms with Crippen LogP contribution in [-0.2, 0) is 28.6 Å². The Balaban J connectivity index is 4.24. The molecule has 0 fully saturated rings. The van der Waals surface area contributed by atoms with Crippen LogP contribution in [0.1, 0.15) is 342 Å². The van der Waals surface area contributed by atoms with Gasteiger partial charge in [-0.25, -0.2) is 0 Å². The minimum atomic E-state index is -0.796. The second-order valence-corrected chi connectivity index (χ2v) is 23.1. The highest BCUT2D eigenvalue weighted by molar-refractivity contribution is 5.71. The van der Waals surface area contributed by atoms with Crippen LogP contribution in [0.15, 0.2) is 97.2 Å². The van der Waals surface area contributed by atoms with Crippen LogP contribution >= 0.6 is 0 Å². The van der Waals surface area contributed by atoms with Crippen molar-refractivity contribution in [3.8, 4) is 0 Å². The molecule has 0 saturated carbocycles. The second-order valence-electron chi connectivity index (χ2n) is 23.1. The third-order valence-corrected chi connectivity index (χ3v) is 15.0. The normalized spacial score (nSPS) is 12.7. The predicted octanol–water partition coefficient (Wildman–Crippen LogP) is 24.0. The molecule has 81 heavy (non-hydrogen) atoms. The number of allylic oxidation sites excluding steroid dienone is 16. The molecule has 0 radical (unpaired) electrons. The minimum Gasteiger partial charge on any atom is -0.462 e. The SMILES string of the molecule is CC/C=C\C/C=C\C/C=C\C/C=C\C/C=C\C/C=C\CCCCCCC(=O)OC(COC(=O)CCCCCCC/C=C\CCCC)COC(=O)CCCCCCCCCCCCCCCCCCC/C=C\CCCCCCCCCC. The van der Waals surface area contributed by atoms with E-state index in [0.29, 0.717) is 19.3 Å². The summed E-state index contributed by atoms with van der Waals surface area (Å²) in [6, 6.07) is 0. The number of carbonyl (C=O) groups is 3. The van der Waals surface area contributed by atoms with Crippen LogP contribution < -0.4 is 0 Å². The van der Waals surface area contributed by atoms with Gasteiger partial charge >= 0.3 is 17.9 Å². The first-order valence-electron chi connectivity index (χ1n) is 34.7. The number of hydrogen-bond donors (Lipinski definition) is 0. The molecule has 1 atom stereocenters. The topological polar surface area (TPSA) is 78.9 Å². The van der Waals surface area contributed by atoms with Gasteiger partial charge in [0, 0.05) is 19.3 Å². The molecule has 0 aromatic heterocycles. The zero-order valence-corrected chi connectivity index (χ0v) is 53.5. The number of ether oxygens (including phenoxy) is 3. The molecule has 0 heterocycles. The van der Waals surface area contributed by atoms with Gasteiger partial charge in [0.1, 0.15) is 13.2 Å². The standard InChI is InChI=1S/C75H130O6/c1-4-7-10-13-16-19-22-24-26-28-30-32-34-35-36-37-38-39-41-42-44-46-48-50-53-56-59-62-65-68-74(77)80-71-72(70-79-73(76)67-64-61-58-55-52-21-18-15-12-9-6-3)81-75(78)69-66-63-60-57-54-51-49-47-45-43-40-33-31-29-27-25-23-20-17-14-11-8-5-2/h8,11,15,17-18,20,25,27-28,30-31,33,43,45,49,51,72H,4-7,9-10,12-14,16,19,21-24,26,29,32,34-42,44,46-48,50,52-71H2,1-3H3/b11-8-,18-15-,20-17-,27-25-,30-28-,33-31-,45-43-,51-49-. The highest BCUT2D eigenvalue weighted by Gasteiger charge is 2.19. The number of esters is 3. The quantitative estimate of drug-likeness (QED) is 0.0261. The Hall–Kier alpha value is -3.67. The lowest BCUT2D eigenvalue weighted by Gasteiger charge is -2.18. The molecule has 0 N–H and O–H groups in total. The van der Waals surface area contributed by atoms with Gasteiger partial charge in [-0.3, -0.25) is 14.4 Å². The van der Waals surface area contributed by atoms with Crippen molar-refractivity contribution in [2.45, 2.75) is 348 Å². The van der Waals surface area contributed by atoms with Gasteiger partial charge in [0.15, 0.2) is 6.10 Å². The van der Waals surface area contributed by atoms with E-state index in [2.05, 4.69) is 118 Å². The van der Waals surface area contributed by atoms with Crippen LogP contribution in [0.2, 0.25) is 0 Å². The largest absolute Gasteiger partial charge is 0.462 e. The molecule has 0 aromatic rings. The summed E-state index contributed by atoms with van der Waals surface area (Å²) in [5.74, 6) is -0.912. The van der Waals surface area contributed by atoms with Crippen molar-refractivity contribution in [1.29, 1.82) is 0 Å². The fourth-order valence-corrected chi connectivity index (χ4v) is 9.84. The Morgan fingerprint density at radius 2 is 0.494 bits per heavy atom. The van der Waals surface area contributed by atoms with Gasteiger partial charge < -0.3 is 14.2 Å². The summed E-state index contributed by atoms with van der Waals surface area (Å²) >= 11 is 0. The molecule has 0 aromatic carbocycles. The first-order chi connectivity index (χ1) is 40.0. The first-order valence-corrected chi connectivity index (χ1v) is 34.7. The monoisotopic (exact) mass is 1130 g/mol. The van der Waals surface area contributed by atoms with Crippen molar-refractivity contribution < 1.29 is 28.6 Å². The van der Waals surface area contributed by atoms with E-state index in [4.69, 9.17) is 14.2 Å². The fourth-order valence-electron chi connectivity index (χ4n) is 9.84. The Morgan fingerprint density at radius 3 is 0.802 bits per heavy atom. The third-order valence-electron chi connectivity index (χ3n) is 15.0. The van der Waals surface area contributed by atoms with Crippen molar-refractivity contribution in [3.05, 3.63) is 97.2 Å². The van der Waals surface area contributed by atoms with E-state index in [0.717, 1.165) is 116 Å². The average molecular weight is 1130 g/mol. The van der Waals surface area contributed by atoms with E-state index in [1.807, 2.05) is 0 Å². The van der Waals surface area contributed by atoms with Crippen molar-refractivity contribution >= 4 is 17.9 Å². The van der Waals surface area contributed by atoms with Gasteiger partial charge in [-0.05, 0) is 116 Å². The van der Waals surface area contributed by atoms with Crippen LogP contribution in [0.25, 0.3) is 0 Å². The fraction of sp³-hybridized carbons (Fsp3) is 0.747. The number of carbonyl (C=O) groups excluding carboxylic acids is 3. The van der Waals surface area contributed by atoms with Crippen LogP contribution in [0.5, 0.6) is 0 Å². The minimum absolute atomic E-state index is 0.0889. The second kappa shape index (κ2) is 68.8. The Bertz CT molecular complexity index is 1580. The zero-order valence-electron chi connectivity index (χ0n) is 53.5. The van der Waals surface area contributed by atoms with Crippen LogP contribution in [-0.4, -0.2) is 37.2 Å². The Morgan fingerprint density at radius 1 is 0.259 bits per heavy atom. The number of unbranched alkanes of at least 4 members (excludes halogenated alkanes) is 36. The first kappa shape index (κ1) is 77.3. The van der Waals surface area contributed by atoms with E-state index < -0.39 is 6.10 Å². The highest BCUT2D eigenvalue weighted by atomic mass is 16.6. The molecule has 6 nitrogen and oxygen atoms in total. The molecule has 0 aliphatic heterocycles. The molecule has 0 aliphatic carbocycles. The highest BCUT2D eigenvalue weighted by Crippen LogP contribution is 2.17. The summed E-state index contributed by atoms with van der Waals surface area (Å²) in [5.41, 5.74) is 0. The molecule has 0 spiro atoms. The van der Waals surface area contributed by atoms with E-state index >= 15 is 0 Å². The smallest absolute Gasteiger partial charge is 0.306 e. The third kappa shape index (κ3) is 67.0. The predicted molar refractivity (Wildman–Crippen MR) is 353 cm³/mol.